The highest BCUT2D eigenvalue weighted by molar-refractivity contribution is 7.98. The summed E-state index contributed by atoms with van der Waals surface area (Å²) in [6, 6.07) is 0. The van der Waals surface area contributed by atoms with E-state index in [-0.39, 0.29) is 0 Å². The molecule has 11 heavy (non-hydrogen) atoms. The lowest BCUT2D eigenvalue weighted by Crippen LogP contribution is -2.37. The molecule has 0 aromatic heterocycles. The maximum Gasteiger partial charge on any atom is 0.168 e. The van der Waals surface area contributed by atoms with Crippen molar-refractivity contribution in [3.63, 3.8) is 0 Å². The molecule has 0 atom stereocenters. The van der Waals surface area contributed by atoms with Gasteiger partial charge in [-0.2, -0.15) is 11.8 Å². The van der Waals surface area contributed by atoms with E-state index in [2.05, 4.69) is 23.4 Å². The van der Waals surface area contributed by atoms with Crippen LogP contribution in [0.3, 0.4) is 0 Å². The lowest BCUT2D eigenvalue weighted by atomic mass is 10.6. The van der Waals surface area contributed by atoms with E-state index < -0.39 is 0 Å². The summed E-state index contributed by atoms with van der Waals surface area (Å²) in [4.78, 5) is 2.06. The van der Waals surface area contributed by atoms with Gasteiger partial charge in [0.05, 0.1) is 0 Å². The average molecular weight is 192 g/mol. The Morgan fingerprint density at radius 2 is 2.27 bits per heavy atom. The number of nitrogens with one attached hydrogen (secondary N) is 1. The summed E-state index contributed by atoms with van der Waals surface area (Å²) < 4.78 is 0. The Kier molecular flexibility index (Phi) is 6.76. The number of rotatable bonds is 4. The van der Waals surface area contributed by atoms with Crippen LogP contribution in [0.1, 0.15) is 6.92 Å². The lowest BCUT2D eigenvalue weighted by molar-refractivity contribution is 0.528. The molecule has 66 valence electrons. The molecule has 0 saturated heterocycles. The summed E-state index contributed by atoms with van der Waals surface area (Å²) in [6.45, 7) is 3.98. The molecule has 0 spiro atoms. The minimum absolute atomic E-state index is 0.849. The Morgan fingerprint density at radius 1 is 1.64 bits per heavy atom. The largest absolute Gasteiger partial charge is 0.363 e. The molecule has 0 amide bonds. The third-order valence-electron chi connectivity index (χ3n) is 1.31. The molecule has 0 aromatic rings. The van der Waals surface area contributed by atoms with E-state index in [4.69, 9.17) is 12.2 Å². The highest BCUT2D eigenvalue weighted by Crippen LogP contribution is 1.93. The molecule has 2 nitrogen and oxygen atoms in total. The Labute approximate surface area is 78.7 Å². The van der Waals surface area contributed by atoms with Crippen LogP contribution < -0.4 is 5.32 Å². The van der Waals surface area contributed by atoms with Crippen LogP contribution in [0.15, 0.2) is 0 Å². The maximum atomic E-state index is 5.09. The van der Waals surface area contributed by atoms with E-state index in [9.17, 15) is 0 Å². The first-order chi connectivity index (χ1) is 5.22. The zero-order valence-corrected chi connectivity index (χ0v) is 9.02. The quantitative estimate of drug-likeness (QED) is 0.672. The van der Waals surface area contributed by atoms with E-state index in [1.54, 1.807) is 0 Å². The molecule has 4 heteroatoms. The highest BCUT2D eigenvalue weighted by Gasteiger charge is 1.99. The van der Waals surface area contributed by atoms with Crippen LogP contribution in [0.5, 0.6) is 0 Å². The molecular formula is C7H16N2S2. The van der Waals surface area contributed by atoms with Gasteiger partial charge in [0.1, 0.15) is 0 Å². The van der Waals surface area contributed by atoms with Crippen LogP contribution in [0, 0.1) is 0 Å². The molecule has 0 unspecified atom stereocenters. The molecule has 0 heterocycles. The number of hydrogen-bond donors (Lipinski definition) is 1. The van der Waals surface area contributed by atoms with Crippen molar-refractivity contribution in [1.29, 1.82) is 0 Å². The van der Waals surface area contributed by atoms with Crippen molar-refractivity contribution in [1.82, 2.24) is 10.2 Å². The Morgan fingerprint density at radius 3 is 2.73 bits per heavy atom. The van der Waals surface area contributed by atoms with E-state index >= 15 is 0 Å². The molecule has 0 rings (SSSR count). The fraction of sp³-hybridized carbons (Fsp3) is 0.857. The minimum Gasteiger partial charge on any atom is -0.363 e. The van der Waals surface area contributed by atoms with Crippen LogP contribution in [-0.2, 0) is 0 Å². The Balaban J connectivity index is 3.46. The fourth-order valence-corrected chi connectivity index (χ4v) is 1.31. The first kappa shape index (κ1) is 11.0. The second-order valence-electron chi connectivity index (χ2n) is 2.25. The van der Waals surface area contributed by atoms with Crippen molar-refractivity contribution in [3.05, 3.63) is 0 Å². The van der Waals surface area contributed by atoms with Crippen molar-refractivity contribution in [2.24, 2.45) is 0 Å². The van der Waals surface area contributed by atoms with Crippen molar-refractivity contribution in [2.75, 3.05) is 32.1 Å². The standard InChI is InChI=1S/C7H16N2S2/c1-4-8-7(10)9(2)5-6-11-3/h4-6H2,1-3H3,(H,8,10). The molecule has 0 aliphatic carbocycles. The van der Waals surface area contributed by atoms with Crippen LogP contribution in [0.2, 0.25) is 0 Å². The van der Waals surface area contributed by atoms with Gasteiger partial charge in [-0.3, -0.25) is 0 Å². The van der Waals surface area contributed by atoms with Gasteiger partial charge < -0.3 is 10.2 Å². The van der Waals surface area contributed by atoms with Crippen molar-refractivity contribution < 1.29 is 0 Å². The third-order valence-corrected chi connectivity index (χ3v) is 2.35. The summed E-state index contributed by atoms with van der Waals surface area (Å²) in [7, 11) is 2.02. The average Bonchev–Trinajstić information content (AvgIpc) is 2.00. The molecule has 0 aliphatic rings. The van der Waals surface area contributed by atoms with Gasteiger partial charge in [-0.1, -0.05) is 0 Å². The summed E-state index contributed by atoms with van der Waals surface area (Å²) in [5.74, 6) is 1.13. The van der Waals surface area contributed by atoms with Gasteiger partial charge in [-0.05, 0) is 25.4 Å². The Bertz CT molecular complexity index is 117. The van der Waals surface area contributed by atoms with Crippen LogP contribution in [0.4, 0.5) is 0 Å². The van der Waals surface area contributed by atoms with E-state index in [0.717, 1.165) is 24.0 Å². The molecule has 1 N–H and O–H groups in total. The Hall–Kier alpha value is 0.0400. The maximum absolute atomic E-state index is 5.09. The zero-order valence-electron chi connectivity index (χ0n) is 7.39. The smallest absolute Gasteiger partial charge is 0.168 e. The molecule has 0 radical (unpaired) electrons. The number of thioether (sulfide) groups is 1. The van der Waals surface area contributed by atoms with Gasteiger partial charge in [-0.15, -0.1) is 0 Å². The van der Waals surface area contributed by atoms with Crippen molar-refractivity contribution in [2.45, 2.75) is 6.92 Å². The lowest BCUT2D eigenvalue weighted by Gasteiger charge is -2.19. The van der Waals surface area contributed by atoms with Crippen LogP contribution in [-0.4, -0.2) is 42.2 Å². The first-order valence-corrected chi connectivity index (χ1v) is 5.50. The van der Waals surface area contributed by atoms with Crippen molar-refractivity contribution in [3.8, 4) is 0 Å². The van der Waals surface area contributed by atoms with E-state index in [1.807, 2.05) is 18.8 Å². The summed E-state index contributed by atoms with van der Waals surface area (Å²) in [5, 5.41) is 3.95. The summed E-state index contributed by atoms with van der Waals surface area (Å²) in [6.07, 6.45) is 2.10. The van der Waals surface area contributed by atoms with Crippen LogP contribution in [0.25, 0.3) is 0 Å². The van der Waals surface area contributed by atoms with Gasteiger partial charge in [-0.25, -0.2) is 0 Å². The molecule has 0 aromatic carbocycles. The first-order valence-electron chi connectivity index (χ1n) is 3.70. The summed E-state index contributed by atoms with van der Waals surface area (Å²) in [5.41, 5.74) is 0. The zero-order chi connectivity index (χ0) is 8.69. The van der Waals surface area contributed by atoms with Crippen molar-refractivity contribution >= 4 is 29.1 Å². The van der Waals surface area contributed by atoms with Gasteiger partial charge >= 0.3 is 0 Å². The topological polar surface area (TPSA) is 15.3 Å². The normalized spacial score (nSPS) is 9.36. The number of thiocarbonyl (C=S) groups is 1. The molecular weight excluding hydrogens is 176 g/mol. The predicted molar refractivity (Wildman–Crippen MR) is 57.3 cm³/mol. The van der Waals surface area contributed by atoms with Crippen LogP contribution >= 0.6 is 24.0 Å². The monoisotopic (exact) mass is 192 g/mol. The van der Waals surface area contributed by atoms with Gasteiger partial charge in [0.2, 0.25) is 0 Å². The highest BCUT2D eigenvalue weighted by atomic mass is 32.2. The second-order valence-corrected chi connectivity index (χ2v) is 3.62. The fourth-order valence-electron chi connectivity index (χ4n) is 0.616. The van der Waals surface area contributed by atoms with Gasteiger partial charge in [0.25, 0.3) is 0 Å². The second kappa shape index (κ2) is 6.73. The molecule has 0 bridgehead atoms. The predicted octanol–water partition coefficient (Wildman–Crippen LogP) is 1.18. The van der Waals surface area contributed by atoms with Gasteiger partial charge in [0, 0.05) is 25.9 Å². The van der Waals surface area contributed by atoms with Gasteiger partial charge in [0.15, 0.2) is 5.11 Å². The van der Waals surface area contributed by atoms with E-state index in [1.165, 1.54) is 0 Å². The van der Waals surface area contributed by atoms with E-state index in [0.29, 0.717) is 0 Å². The number of nitrogens with zero attached hydrogens (tertiary/aromatic N) is 1. The molecule has 0 fully saturated rings. The SMILES string of the molecule is CCNC(=S)N(C)CCSC. The minimum atomic E-state index is 0.849. The third kappa shape index (κ3) is 5.32. The number of hydrogen-bond acceptors (Lipinski definition) is 2. The molecule has 0 saturated carbocycles. The molecule has 0 aliphatic heterocycles. The summed E-state index contributed by atoms with van der Waals surface area (Å²) >= 11 is 6.93.